The predicted molar refractivity (Wildman–Crippen MR) is 82.0 cm³/mol. The lowest BCUT2D eigenvalue weighted by molar-refractivity contribution is 0.305. The maximum absolute atomic E-state index is 13.0. The molecule has 0 saturated carbocycles. The molecule has 21 heavy (non-hydrogen) atoms. The van der Waals surface area contributed by atoms with Gasteiger partial charge in [0.15, 0.2) is 0 Å². The van der Waals surface area contributed by atoms with Gasteiger partial charge < -0.3 is 15.7 Å². The second kappa shape index (κ2) is 7.08. The van der Waals surface area contributed by atoms with Gasteiger partial charge in [0.25, 0.3) is 0 Å². The monoisotopic (exact) mass is 352 g/mol. The van der Waals surface area contributed by atoms with Crippen molar-refractivity contribution >= 4 is 21.8 Å². The van der Waals surface area contributed by atoms with Gasteiger partial charge in [0.2, 0.25) is 0 Å². The summed E-state index contributed by atoms with van der Waals surface area (Å²) in [5.74, 6) is 0.548. The van der Waals surface area contributed by atoms with Crippen LogP contribution in [0.15, 0.2) is 52.1 Å². The topological polar surface area (TPSA) is 67.8 Å². The fourth-order valence-corrected chi connectivity index (χ4v) is 2.21. The van der Waals surface area contributed by atoms with Gasteiger partial charge in [-0.15, -0.1) is 0 Å². The third kappa shape index (κ3) is 4.46. The van der Waals surface area contributed by atoms with Gasteiger partial charge in [-0.2, -0.15) is 0 Å². The van der Waals surface area contributed by atoms with Crippen molar-refractivity contribution < 1.29 is 14.3 Å². The summed E-state index contributed by atoms with van der Waals surface area (Å²) in [7, 11) is 0. The third-order valence-electron chi connectivity index (χ3n) is 2.85. The summed E-state index contributed by atoms with van der Waals surface area (Å²) in [6.07, 6.45) is 0.375. The summed E-state index contributed by atoms with van der Waals surface area (Å²) in [4.78, 5) is 0. The largest absolute Gasteiger partial charge is 0.489 e. The molecule has 0 aliphatic rings. The summed E-state index contributed by atoms with van der Waals surface area (Å²) in [5, 5.41) is 11.4. The number of ether oxygens (including phenoxy) is 1. The van der Waals surface area contributed by atoms with Crippen LogP contribution in [-0.4, -0.2) is 11.0 Å². The van der Waals surface area contributed by atoms with Crippen LogP contribution in [0.1, 0.15) is 11.1 Å². The molecule has 2 aromatic rings. The minimum atomic E-state index is -0.293. The summed E-state index contributed by atoms with van der Waals surface area (Å²) >= 11 is 3.30. The number of rotatable bonds is 5. The zero-order valence-electron chi connectivity index (χ0n) is 11.1. The quantitative estimate of drug-likeness (QED) is 0.374. The Labute approximate surface area is 130 Å². The van der Waals surface area contributed by atoms with Crippen molar-refractivity contribution in [3.05, 3.63) is 63.9 Å². The van der Waals surface area contributed by atoms with E-state index in [1.54, 1.807) is 18.2 Å². The molecule has 2 rings (SSSR count). The van der Waals surface area contributed by atoms with Crippen molar-refractivity contribution in [1.29, 1.82) is 0 Å². The van der Waals surface area contributed by atoms with E-state index in [0.29, 0.717) is 23.2 Å². The van der Waals surface area contributed by atoms with E-state index in [0.717, 1.165) is 11.1 Å². The lowest BCUT2D eigenvalue weighted by Gasteiger charge is -2.09. The average molecular weight is 353 g/mol. The van der Waals surface area contributed by atoms with Crippen molar-refractivity contribution in [2.45, 2.75) is 13.0 Å². The number of halogens is 2. The molecule has 110 valence electrons. The van der Waals surface area contributed by atoms with Gasteiger partial charge in [-0.1, -0.05) is 39.3 Å². The van der Waals surface area contributed by atoms with Crippen LogP contribution >= 0.6 is 15.9 Å². The highest BCUT2D eigenvalue weighted by atomic mass is 79.9. The standard InChI is InChI=1S/C15H14BrFN2O2/c16-14-8-12(17)4-3-11(14)9-21-13-5-1-10(2-6-13)7-15(18)19-20/h1-6,8,20H,7,9H2,(H2,18,19). The van der Waals surface area contributed by atoms with E-state index in [2.05, 4.69) is 21.1 Å². The molecule has 0 heterocycles. The minimum absolute atomic E-state index is 0.152. The van der Waals surface area contributed by atoms with Crippen LogP contribution in [0, 0.1) is 5.82 Å². The number of amidine groups is 1. The lowest BCUT2D eigenvalue weighted by atomic mass is 10.1. The smallest absolute Gasteiger partial charge is 0.143 e. The molecule has 0 unspecified atom stereocenters. The molecule has 0 fully saturated rings. The molecule has 0 spiro atoms. The number of hydrogen-bond donors (Lipinski definition) is 2. The molecule has 0 amide bonds. The number of nitrogens with zero attached hydrogens (tertiary/aromatic N) is 1. The van der Waals surface area contributed by atoms with Crippen LogP contribution in [0.5, 0.6) is 5.75 Å². The van der Waals surface area contributed by atoms with Crippen molar-refractivity contribution in [3.8, 4) is 5.75 Å². The maximum Gasteiger partial charge on any atom is 0.143 e. The maximum atomic E-state index is 13.0. The minimum Gasteiger partial charge on any atom is -0.489 e. The molecule has 0 aromatic heterocycles. The molecule has 0 radical (unpaired) electrons. The highest BCUT2D eigenvalue weighted by Crippen LogP contribution is 2.21. The zero-order chi connectivity index (χ0) is 15.2. The van der Waals surface area contributed by atoms with E-state index in [1.807, 2.05) is 12.1 Å². The van der Waals surface area contributed by atoms with E-state index in [9.17, 15) is 4.39 Å². The van der Waals surface area contributed by atoms with Gasteiger partial charge in [-0.05, 0) is 29.8 Å². The molecule has 0 aliphatic carbocycles. The van der Waals surface area contributed by atoms with Gasteiger partial charge in [-0.25, -0.2) is 4.39 Å². The van der Waals surface area contributed by atoms with Crippen molar-refractivity contribution in [2.75, 3.05) is 0 Å². The van der Waals surface area contributed by atoms with E-state index < -0.39 is 0 Å². The first-order chi connectivity index (χ1) is 10.1. The molecule has 3 N–H and O–H groups in total. The van der Waals surface area contributed by atoms with Crippen LogP contribution in [0.3, 0.4) is 0 Å². The molecular weight excluding hydrogens is 339 g/mol. The molecule has 6 heteroatoms. The highest BCUT2D eigenvalue weighted by molar-refractivity contribution is 9.10. The predicted octanol–water partition coefficient (Wildman–Crippen LogP) is 3.46. The Hall–Kier alpha value is -2.08. The van der Waals surface area contributed by atoms with E-state index in [1.165, 1.54) is 12.1 Å². The zero-order valence-corrected chi connectivity index (χ0v) is 12.7. The normalized spacial score (nSPS) is 11.4. The number of benzene rings is 2. The summed E-state index contributed by atoms with van der Waals surface area (Å²) < 4.78 is 19.3. The Morgan fingerprint density at radius 1 is 1.24 bits per heavy atom. The van der Waals surface area contributed by atoms with Crippen LogP contribution in [0.25, 0.3) is 0 Å². The second-order valence-electron chi connectivity index (χ2n) is 4.44. The Bertz CT molecular complexity index is 645. The molecular formula is C15H14BrFN2O2. The van der Waals surface area contributed by atoms with E-state index in [4.69, 9.17) is 15.7 Å². The summed E-state index contributed by atoms with van der Waals surface area (Å²) in [6, 6.07) is 11.8. The molecule has 0 aliphatic heterocycles. The Morgan fingerprint density at radius 3 is 2.57 bits per heavy atom. The number of hydrogen-bond acceptors (Lipinski definition) is 3. The van der Waals surface area contributed by atoms with Crippen LogP contribution < -0.4 is 10.5 Å². The van der Waals surface area contributed by atoms with Gasteiger partial charge >= 0.3 is 0 Å². The number of nitrogens with two attached hydrogens (primary N) is 1. The van der Waals surface area contributed by atoms with Crippen molar-refractivity contribution in [1.82, 2.24) is 0 Å². The van der Waals surface area contributed by atoms with Crippen LogP contribution in [0.2, 0.25) is 0 Å². The lowest BCUT2D eigenvalue weighted by Crippen LogP contribution is -2.14. The second-order valence-corrected chi connectivity index (χ2v) is 5.29. The van der Waals surface area contributed by atoms with Gasteiger partial charge in [0.1, 0.15) is 24.0 Å². The Balaban J connectivity index is 1.97. The SMILES string of the molecule is N/C(Cc1ccc(OCc2ccc(F)cc2Br)cc1)=N\O. The van der Waals surface area contributed by atoms with Crippen molar-refractivity contribution in [3.63, 3.8) is 0 Å². The summed E-state index contributed by atoms with van der Waals surface area (Å²) in [6.45, 7) is 0.334. The van der Waals surface area contributed by atoms with Gasteiger partial charge in [0, 0.05) is 16.5 Å². The molecule has 0 bridgehead atoms. The number of oxime groups is 1. The average Bonchev–Trinajstić information content (AvgIpc) is 2.48. The Morgan fingerprint density at radius 2 is 1.95 bits per heavy atom. The molecule has 2 aromatic carbocycles. The first-order valence-electron chi connectivity index (χ1n) is 6.20. The van der Waals surface area contributed by atoms with E-state index in [-0.39, 0.29) is 11.7 Å². The van der Waals surface area contributed by atoms with Crippen LogP contribution in [-0.2, 0) is 13.0 Å². The molecule has 0 saturated heterocycles. The van der Waals surface area contributed by atoms with Gasteiger partial charge in [0.05, 0.1) is 0 Å². The molecule has 4 nitrogen and oxygen atoms in total. The summed E-state index contributed by atoms with van der Waals surface area (Å²) in [5.41, 5.74) is 7.22. The fraction of sp³-hybridized carbons (Fsp3) is 0.133. The first-order valence-corrected chi connectivity index (χ1v) is 7.00. The first kappa shape index (κ1) is 15.3. The Kier molecular flexibility index (Phi) is 5.16. The third-order valence-corrected chi connectivity index (χ3v) is 3.58. The van der Waals surface area contributed by atoms with Crippen LogP contribution in [0.4, 0.5) is 4.39 Å². The fourth-order valence-electron chi connectivity index (χ4n) is 1.75. The highest BCUT2D eigenvalue weighted by Gasteiger charge is 2.03. The van der Waals surface area contributed by atoms with Gasteiger partial charge in [-0.3, -0.25) is 0 Å². The van der Waals surface area contributed by atoms with Crippen molar-refractivity contribution in [2.24, 2.45) is 10.9 Å². The molecule has 0 atom stereocenters. The van der Waals surface area contributed by atoms with E-state index >= 15 is 0 Å².